The van der Waals surface area contributed by atoms with E-state index in [1.165, 1.54) is 14.2 Å². The Bertz CT molecular complexity index is 442. The van der Waals surface area contributed by atoms with Gasteiger partial charge in [-0.3, -0.25) is 0 Å². The Morgan fingerprint density at radius 2 is 1.95 bits per heavy atom. The molecule has 0 bridgehead atoms. The van der Waals surface area contributed by atoms with E-state index in [0.717, 1.165) is 0 Å². The number of rotatable bonds is 4. The van der Waals surface area contributed by atoms with Crippen molar-refractivity contribution in [2.75, 3.05) is 20.8 Å². The number of pyridine rings is 1. The van der Waals surface area contributed by atoms with Crippen LogP contribution in [0.3, 0.4) is 0 Å². The third-order valence-electron chi connectivity index (χ3n) is 3.30. The van der Waals surface area contributed by atoms with Gasteiger partial charge in [-0.15, -0.1) is 0 Å². The molecular formula is C12H18N2O5. The van der Waals surface area contributed by atoms with Crippen molar-refractivity contribution in [1.82, 2.24) is 10.3 Å². The van der Waals surface area contributed by atoms with E-state index in [9.17, 15) is 10.2 Å². The van der Waals surface area contributed by atoms with Crippen LogP contribution in [0.4, 0.5) is 0 Å². The van der Waals surface area contributed by atoms with E-state index < -0.39 is 24.3 Å². The third kappa shape index (κ3) is 2.50. The minimum absolute atomic E-state index is 0.263. The van der Waals surface area contributed by atoms with Crippen LogP contribution in [0.5, 0.6) is 11.8 Å². The topological polar surface area (TPSA) is 104 Å². The molecule has 4 atom stereocenters. The fourth-order valence-corrected chi connectivity index (χ4v) is 2.25. The molecule has 1 fully saturated rings. The summed E-state index contributed by atoms with van der Waals surface area (Å²) in [5.41, 5.74) is 0.603. The molecule has 7 heteroatoms. The summed E-state index contributed by atoms with van der Waals surface area (Å²) in [4.78, 5) is 4.12. The Morgan fingerprint density at radius 3 is 2.47 bits per heavy atom. The van der Waals surface area contributed by atoms with E-state index >= 15 is 0 Å². The van der Waals surface area contributed by atoms with Crippen molar-refractivity contribution < 1.29 is 24.8 Å². The number of methoxy groups -OCH3 is 2. The third-order valence-corrected chi connectivity index (χ3v) is 3.30. The van der Waals surface area contributed by atoms with Crippen molar-refractivity contribution in [2.24, 2.45) is 0 Å². The first-order valence-electron chi connectivity index (χ1n) is 5.94. The SMILES string of the molecule is COc1ccc(C2NC(CO)C(O)C2O)c(OC)n1. The maximum atomic E-state index is 10.0. The zero-order chi connectivity index (χ0) is 14.0. The average Bonchev–Trinajstić information content (AvgIpc) is 2.74. The highest BCUT2D eigenvalue weighted by molar-refractivity contribution is 5.35. The Morgan fingerprint density at radius 1 is 1.21 bits per heavy atom. The molecular weight excluding hydrogens is 252 g/mol. The van der Waals surface area contributed by atoms with E-state index in [-0.39, 0.29) is 6.61 Å². The number of aliphatic hydroxyl groups is 3. The highest BCUT2D eigenvalue weighted by Gasteiger charge is 2.42. The van der Waals surface area contributed by atoms with E-state index in [4.69, 9.17) is 14.6 Å². The summed E-state index contributed by atoms with van der Waals surface area (Å²) in [7, 11) is 2.96. The minimum atomic E-state index is -1.04. The second-order valence-electron chi connectivity index (χ2n) is 4.37. The van der Waals surface area contributed by atoms with Gasteiger partial charge in [-0.2, -0.15) is 4.98 Å². The second kappa shape index (κ2) is 5.70. The highest BCUT2D eigenvalue weighted by Crippen LogP contribution is 2.33. The van der Waals surface area contributed by atoms with E-state index in [1.54, 1.807) is 12.1 Å². The molecule has 0 amide bonds. The van der Waals surface area contributed by atoms with E-state index in [2.05, 4.69) is 10.3 Å². The van der Waals surface area contributed by atoms with Gasteiger partial charge >= 0.3 is 0 Å². The summed E-state index contributed by atoms with van der Waals surface area (Å²) >= 11 is 0. The molecule has 0 aromatic carbocycles. The normalized spacial score (nSPS) is 30.4. The average molecular weight is 270 g/mol. The van der Waals surface area contributed by atoms with Gasteiger partial charge in [0.25, 0.3) is 0 Å². The van der Waals surface area contributed by atoms with Crippen molar-refractivity contribution in [1.29, 1.82) is 0 Å². The Kier molecular flexibility index (Phi) is 4.20. The Balaban J connectivity index is 2.31. The van der Waals surface area contributed by atoms with Gasteiger partial charge in [0.1, 0.15) is 6.10 Å². The summed E-state index contributed by atoms with van der Waals surface area (Å²) in [6.07, 6.45) is -2.08. The van der Waals surface area contributed by atoms with Gasteiger partial charge in [-0.05, 0) is 6.07 Å². The van der Waals surface area contributed by atoms with E-state index in [1.807, 2.05) is 0 Å². The molecule has 0 radical (unpaired) electrons. The lowest BCUT2D eigenvalue weighted by Gasteiger charge is -2.18. The van der Waals surface area contributed by atoms with Gasteiger partial charge in [0, 0.05) is 11.6 Å². The van der Waals surface area contributed by atoms with Crippen LogP contribution in [0.2, 0.25) is 0 Å². The van der Waals surface area contributed by atoms with Crippen molar-refractivity contribution in [3.05, 3.63) is 17.7 Å². The molecule has 1 aliphatic rings. The number of aliphatic hydroxyl groups excluding tert-OH is 3. The Hall–Kier alpha value is -1.41. The molecule has 2 heterocycles. The zero-order valence-corrected chi connectivity index (χ0v) is 10.8. The van der Waals surface area contributed by atoms with Crippen molar-refractivity contribution in [2.45, 2.75) is 24.3 Å². The quantitative estimate of drug-likeness (QED) is 0.546. The summed E-state index contributed by atoms with van der Waals surface area (Å²) in [5, 5.41) is 31.9. The fraction of sp³-hybridized carbons (Fsp3) is 0.583. The second-order valence-corrected chi connectivity index (χ2v) is 4.37. The van der Waals surface area contributed by atoms with Gasteiger partial charge in [-0.1, -0.05) is 0 Å². The maximum Gasteiger partial charge on any atom is 0.221 e. The molecule has 0 saturated carbocycles. The molecule has 1 saturated heterocycles. The standard InChI is InChI=1S/C12H18N2O5/c1-18-8-4-3-6(12(14-8)19-2)9-11(17)10(16)7(5-15)13-9/h3-4,7,9-11,13,15-17H,5H2,1-2H3. The first-order valence-corrected chi connectivity index (χ1v) is 5.94. The van der Waals surface area contributed by atoms with Crippen LogP contribution in [-0.4, -0.2) is 59.4 Å². The lowest BCUT2D eigenvalue weighted by molar-refractivity contribution is 0.0191. The first kappa shape index (κ1) is 14.0. The maximum absolute atomic E-state index is 10.0. The number of hydrogen-bond acceptors (Lipinski definition) is 7. The van der Waals surface area contributed by atoms with Gasteiger partial charge in [-0.25, -0.2) is 0 Å². The van der Waals surface area contributed by atoms with Crippen LogP contribution < -0.4 is 14.8 Å². The summed E-state index contributed by atoms with van der Waals surface area (Å²) in [6.45, 7) is -0.263. The van der Waals surface area contributed by atoms with Crippen LogP contribution in [0.25, 0.3) is 0 Å². The smallest absolute Gasteiger partial charge is 0.221 e. The number of nitrogens with zero attached hydrogens (tertiary/aromatic N) is 1. The van der Waals surface area contributed by atoms with Crippen LogP contribution >= 0.6 is 0 Å². The monoisotopic (exact) mass is 270 g/mol. The van der Waals surface area contributed by atoms with Crippen LogP contribution in [0.1, 0.15) is 11.6 Å². The molecule has 1 aliphatic heterocycles. The van der Waals surface area contributed by atoms with Gasteiger partial charge in [0.05, 0.1) is 39.0 Å². The fourth-order valence-electron chi connectivity index (χ4n) is 2.25. The molecule has 1 aromatic rings. The number of hydrogen-bond donors (Lipinski definition) is 4. The summed E-state index contributed by atoms with van der Waals surface area (Å²) < 4.78 is 10.2. The lowest BCUT2D eigenvalue weighted by atomic mass is 10.0. The molecule has 1 aromatic heterocycles. The summed E-state index contributed by atoms with van der Waals surface area (Å²) in [6, 6.07) is 2.22. The van der Waals surface area contributed by atoms with Crippen LogP contribution in [-0.2, 0) is 0 Å². The molecule has 0 aliphatic carbocycles. The number of nitrogens with one attached hydrogen (secondary N) is 1. The lowest BCUT2D eigenvalue weighted by Crippen LogP contribution is -2.35. The van der Waals surface area contributed by atoms with Gasteiger partial charge in [0.15, 0.2) is 0 Å². The molecule has 0 spiro atoms. The molecule has 19 heavy (non-hydrogen) atoms. The van der Waals surface area contributed by atoms with Crippen molar-refractivity contribution in [3.8, 4) is 11.8 Å². The van der Waals surface area contributed by atoms with Crippen LogP contribution in [0.15, 0.2) is 12.1 Å². The molecule has 4 unspecified atom stereocenters. The number of ether oxygens (including phenoxy) is 2. The number of aromatic nitrogens is 1. The van der Waals surface area contributed by atoms with Gasteiger partial charge in [0.2, 0.25) is 11.8 Å². The molecule has 7 nitrogen and oxygen atoms in total. The Labute approximate surface area is 110 Å². The van der Waals surface area contributed by atoms with Gasteiger partial charge < -0.3 is 30.1 Å². The zero-order valence-electron chi connectivity index (χ0n) is 10.8. The predicted molar refractivity (Wildman–Crippen MR) is 66.1 cm³/mol. The van der Waals surface area contributed by atoms with Crippen LogP contribution in [0, 0.1) is 0 Å². The van der Waals surface area contributed by atoms with Crippen molar-refractivity contribution in [3.63, 3.8) is 0 Å². The van der Waals surface area contributed by atoms with E-state index in [0.29, 0.717) is 17.3 Å². The van der Waals surface area contributed by atoms with Crippen molar-refractivity contribution >= 4 is 0 Å². The molecule has 2 rings (SSSR count). The minimum Gasteiger partial charge on any atom is -0.481 e. The molecule has 4 N–H and O–H groups in total. The summed E-state index contributed by atoms with van der Waals surface area (Å²) in [5.74, 6) is 0.703. The molecule has 106 valence electrons. The predicted octanol–water partition coefficient (Wildman–Crippen LogP) is -1.17. The first-order chi connectivity index (χ1) is 9.12. The largest absolute Gasteiger partial charge is 0.481 e. The highest BCUT2D eigenvalue weighted by atomic mass is 16.5.